The standard InChI is InChI=1S/C19H24N4O2/c1-2-21-19(25)23-9-8-16(13-23)22-18(24)17-12-20-11-15(17)10-14-6-4-3-5-7-14/h3-7,11-12,16,20H,2,8-10,13H2,1H3,(H,21,25)(H,22,24). The number of benzene rings is 1. The van der Waals surface area contributed by atoms with Crippen LogP contribution in [0, 0.1) is 0 Å². The molecule has 0 radical (unpaired) electrons. The lowest BCUT2D eigenvalue weighted by molar-refractivity contribution is 0.0937. The fourth-order valence-corrected chi connectivity index (χ4v) is 3.16. The molecule has 1 fully saturated rings. The second-order valence-electron chi connectivity index (χ2n) is 6.30. The maximum absolute atomic E-state index is 12.6. The number of aromatic amines is 1. The number of carbonyl (C=O) groups excluding carboxylic acids is 2. The molecule has 0 aliphatic carbocycles. The first-order chi connectivity index (χ1) is 12.2. The van der Waals surface area contributed by atoms with E-state index >= 15 is 0 Å². The molecule has 1 aromatic heterocycles. The van der Waals surface area contributed by atoms with Gasteiger partial charge in [-0.3, -0.25) is 4.79 Å². The molecular formula is C19H24N4O2. The zero-order chi connectivity index (χ0) is 17.6. The maximum atomic E-state index is 12.6. The molecule has 2 heterocycles. The molecule has 1 aliphatic rings. The van der Waals surface area contributed by atoms with Crippen molar-refractivity contribution in [1.82, 2.24) is 20.5 Å². The Labute approximate surface area is 147 Å². The Balaban J connectivity index is 1.59. The van der Waals surface area contributed by atoms with Gasteiger partial charge in [0.2, 0.25) is 0 Å². The van der Waals surface area contributed by atoms with E-state index in [0.29, 0.717) is 31.6 Å². The van der Waals surface area contributed by atoms with Crippen LogP contribution in [0.4, 0.5) is 4.79 Å². The Morgan fingerprint density at radius 2 is 2.04 bits per heavy atom. The zero-order valence-corrected chi connectivity index (χ0v) is 14.4. The van der Waals surface area contributed by atoms with Crippen molar-refractivity contribution in [3.8, 4) is 0 Å². The fraction of sp³-hybridized carbons (Fsp3) is 0.368. The number of nitrogens with one attached hydrogen (secondary N) is 3. The smallest absolute Gasteiger partial charge is 0.317 e. The van der Waals surface area contributed by atoms with Gasteiger partial charge in [0, 0.05) is 38.1 Å². The highest BCUT2D eigenvalue weighted by Gasteiger charge is 2.27. The van der Waals surface area contributed by atoms with Gasteiger partial charge in [0.25, 0.3) is 5.91 Å². The molecule has 2 aromatic rings. The summed E-state index contributed by atoms with van der Waals surface area (Å²) in [6.45, 7) is 3.72. The molecule has 0 bridgehead atoms. The Bertz CT molecular complexity index is 726. The summed E-state index contributed by atoms with van der Waals surface area (Å²) in [5.74, 6) is -0.0880. The second-order valence-corrected chi connectivity index (χ2v) is 6.30. The number of likely N-dealkylation sites (tertiary alicyclic amines) is 1. The van der Waals surface area contributed by atoms with E-state index in [9.17, 15) is 9.59 Å². The van der Waals surface area contributed by atoms with E-state index in [1.807, 2.05) is 31.3 Å². The SMILES string of the molecule is CCNC(=O)N1CCC(NC(=O)c2c[nH]cc2Cc2ccccc2)C1. The summed E-state index contributed by atoms with van der Waals surface area (Å²) in [5, 5.41) is 5.85. The number of rotatable bonds is 5. The van der Waals surface area contributed by atoms with Gasteiger partial charge in [-0.25, -0.2) is 4.79 Å². The van der Waals surface area contributed by atoms with E-state index in [4.69, 9.17) is 0 Å². The van der Waals surface area contributed by atoms with Gasteiger partial charge in [0.15, 0.2) is 0 Å². The summed E-state index contributed by atoms with van der Waals surface area (Å²) in [6, 6.07) is 10.0. The largest absolute Gasteiger partial charge is 0.367 e. The van der Waals surface area contributed by atoms with Crippen LogP contribution < -0.4 is 10.6 Å². The highest BCUT2D eigenvalue weighted by atomic mass is 16.2. The van der Waals surface area contributed by atoms with Crippen molar-refractivity contribution in [3.63, 3.8) is 0 Å². The minimum Gasteiger partial charge on any atom is -0.367 e. The van der Waals surface area contributed by atoms with Crippen molar-refractivity contribution in [3.05, 3.63) is 59.4 Å². The summed E-state index contributed by atoms with van der Waals surface area (Å²) in [7, 11) is 0. The number of nitrogens with zero attached hydrogens (tertiary/aromatic N) is 1. The van der Waals surface area contributed by atoms with Gasteiger partial charge >= 0.3 is 6.03 Å². The highest BCUT2D eigenvalue weighted by molar-refractivity contribution is 5.96. The molecule has 0 saturated carbocycles. The van der Waals surface area contributed by atoms with Crippen LogP contribution in [0.2, 0.25) is 0 Å². The molecule has 1 aromatic carbocycles. The van der Waals surface area contributed by atoms with Gasteiger partial charge in [-0.15, -0.1) is 0 Å². The predicted molar refractivity (Wildman–Crippen MR) is 96.6 cm³/mol. The predicted octanol–water partition coefficient (Wildman–Crippen LogP) is 2.14. The molecule has 6 nitrogen and oxygen atoms in total. The Morgan fingerprint density at radius 1 is 1.24 bits per heavy atom. The van der Waals surface area contributed by atoms with Crippen LogP contribution in [0.25, 0.3) is 0 Å². The van der Waals surface area contributed by atoms with Crippen LogP contribution >= 0.6 is 0 Å². The first kappa shape index (κ1) is 17.1. The quantitative estimate of drug-likeness (QED) is 0.780. The molecule has 132 valence electrons. The van der Waals surface area contributed by atoms with Gasteiger partial charge in [-0.05, 0) is 30.9 Å². The molecule has 0 spiro atoms. The first-order valence-corrected chi connectivity index (χ1v) is 8.70. The van der Waals surface area contributed by atoms with Crippen LogP contribution in [-0.4, -0.2) is 47.5 Å². The van der Waals surface area contributed by atoms with E-state index in [2.05, 4.69) is 27.8 Å². The third kappa shape index (κ3) is 4.21. The maximum Gasteiger partial charge on any atom is 0.317 e. The molecule has 1 saturated heterocycles. The summed E-state index contributed by atoms with van der Waals surface area (Å²) >= 11 is 0. The van der Waals surface area contributed by atoms with Gasteiger partial charge in [0.05, 0.1) is 5.56 Å². The number of aromatic nitrogens is 1. The van der Waals surface area contributed by atoms with Crippen LogP contribution in [-0.2, 0) is 6.42 Å². The molecule has 3 amide bonds. The minimum atomic E-state index is -0.0880. The average molecular weight is 340 g/mol. The Hall–Kier alpha value is -2.76. The van der Waals surface area contributed by atoms with Crippen molar-refractivity contribution < 1.29 is 9.59 Å². The van der Waals surface area contributed by atoms with Crippen LogP contribution in [0.5, 0.6) is 0 Å². The molecule has 3 N–H and O–H groups in total. The van der Waals surface area contributed by atoms with Crippen molar-refractivity contribution in [1.29, 1.82) is 0 Å². The van der Waals surface area contributed by atoms with Gasteiger partial charge < -0.3 is 20.5 Å². The van der Waals surface area contributed by atoms with Crippen molar-refractivity contribution >= 4 is 11.9 Å². The third-order valence-electron chi connectivity index (χ3n) is 4.45. The molecule has 6 heteroatoms. The summed E-state index contributed by atoms with van der Waals surface area (Å²) in [5.41, 5.74) is 2.81. The number of amides is 3. The van der Waals surface area contributed by atoms with E-state index in [1.165, 1.54) is 5.56 Å². The molecular weight excluding hydrogens is 316 g/mol. The van der Waals surface area contributed by atoms with Gasteiger partial charge in [0.1, 0.15) is 0 Å². The molecule has 1 unspecified atom stereocenters. The van der Waals surface area contributed by atoms with E-state index < -0.39 is 0 Å². The summed E-state index contributed by atoms with van der Waals surface area (Å²) < 4.78 is 0. The lowest BCUT2D eigenvalue weighted by Crippen LogP contribution is -2.42. The molecule has 25 heavy (non-hydrogen) atoms. The van der Waals surface area contributed by atoms with E-state index in [0.717, 1.165) is 12.0 Å². The zero-order valence-electron chi connectivity index (χ0n) is 14.4. The molecule has 1 aliphatic heterocycles. The number of H-pyrrole nitrogens is 1. The summed E-state index contributed by atoms with van der Waals surface area (Å²) in [4.78, 5) is 29.3. The van der Waals surface area contributed by atoms with Crippen LogP contribution in [0.15, 0.2) is 42.7 Å². The lowest BCUT2D eigenvalue weighted by atomic mass is 10.0. The van der Waals surface area contributed by atoms with Crippen LogP contribution in [0.3, 0.4) is 0 Å². The fourth-order valence-electron chi connectivity index (χ4n) is 3.16. The monoisotopic (exact) mass is 340 g/mol. The van der Waals surface area contributed by atoms with Crippen LogP contribution in [0.1, 0.15) is 34.8 Å². The van der Waals surface area contributed by atoms with Crippen molar-refractivity contribution in [2.45, 2.75) is 25.8 Å². The molecule has 1 atom stereocenters. The lowest BCUT2D eigenvalue weighted by Gasteiger charge is -2.17. The van der Waals surface area contributed by atoms with Gasteiger partial charge in [-0.1, -0.05) is 30.3 Å². The van der Waals surface area contributed by atoms with E-state index in [-0.39, 0.29) is 18.0 Å². The number of hydrogen-bond donors (Lipinski definition) is 3. The normalized spacial score (nSPS) is 16.7. The molecule has 3 rings (SSSR count). The highest BCUT2D eigenvalue weighted by Crippen LogP contribution is 2.16. The number of hydrogen-bond acceptors (Lipinski definition) is 2. The number of urea groups is 1. The minimum absolute atomic E-state index is 0.00502. The van der Waals surface area contributed by atoms with Gasteiger partial charge in [-0.2, -0.15) is 0 Å². The third-order valence-corrected chi connectivity index (χ3v) is 4.45. The second kappa shape index (κ2) is 7.88. The Kier molecular flexibility index (Phi) is 5.38. The summed E-state index contributed by atoms with van der Waals surface area (Å²) in [6.07, 6.45) is 5.10. The van der Waals surface area contributed by atoms with Crippen molar-refractivity contribution in [2.24, 2.45) is 0 Å². The topological polar surface area (TPSA) is 77.2 Å². The van der Waals surface area contributed by atoms with E-state index in [1.54, 1.807) is 11.1 Å². The average Bonchev–Trinajstić information content (AvgIpc) is 3.25. The van der Waals surface area contributed by atoms with Crippen molar-refractivity contribution in [2.75, 3.05) is 19.6 Å². The first-order valence-electron chi connectivity index (χ1n) is 8.70. The number of carbonyl (C=O) groups is 2. The Morgan fingerprint density at radius 3 is 2.80 bits per heavy atom.